The first-order valence-corrected chi connectivity index (χ1v) is 6.24. The summed E-state index contributed by atoms with van der Waals surface area (Å²) in [6, 6.07) is 0. The Kier molecular flexibility index (Phi) is 3.82. The molecule has 2 fully saturated rings. The molecular formula is C12H22N2O2. The summed E-state index contributed by atoms with van der Waals surface area (Å²) in [6.45, 7) is 4.81. The first kappa shape index (κ1) is 11.9. The van der Waals surface area contributed by atoms with Gasteiger partial charge in [-0.2, -0.15) is 0 Å². The Hall–Kier alpha value is -0.610. The smallest absolute Gasteiger partial charge is 0.319 e. The molecule has 1 unspecified atom stereocenters. The van der Waals surface area contributed by atoms with Gasteiger partial charge in [0.05, 0.1) is 13.7 Å². The van der Waals surface area contributed by atoms with Crippen LogP contribution in [0.3, 0.4) is 0 Å². The number of carbonyl (C=O) groups excluding carboxylic acids is 1. The minimum atomic E-state index is -0.110. The van der Waals surface area contributed by atoms with E-state index in [-0.39, 0.29) is 5.97 Å². The maximum Gasteiger partial charge on any atom is 0.319 e. The lowest BCUT2D eigenvalue weighted by molar-refractivity contribution is -0.142. The fraction of sp³-hybridized carbons (Fsp3) is 0.917. The number of hydrogen-bond donors (Lipinski definition) is 1. The molecule has 0 radical (unpaired) electrons. The van der Waals surface area contributed by atoms with Crippen LogP contribution in [0.1, 0.15) is 25.7 Å². The van der Waals surface area contributed by atoms with E-state index in [1.165, 1.54) is 32.8 Å². The average Bonchev–Trinajstić information content (AvgIpc) is 2.30. The molecule has 4 heteroatoms. The van der Waals surface area contributed by atoms with Crippen LogP contribution in [0.4, 0.5) is 0 Å². The van der Waals surface area contributed by atoms with Crippen LogP contribution in [-0.4, -0.2) is 50.7 Å². The summed E-state index contributed by atoms with van der Waals surface area (Å²) in [7, 11) is 1.46. The van der Waals surface area contributed by atoms with Gasteiger partial charge in [-0.05, 0) is 44.2 Å². The van der Waals surface area contributed by atoms with E-state index >= 15 is 0 Å². The van der Waals surface area contributed by atoms with Gasteiger partial charge >= 0.3 is 5.97 Å². The molecule has 1 N–H and O–H groups in total. The number of piperidine rings is 2. The van der Waals surface area contributed by atoms with Crippen LogP contribution in [0.2, 0.25) is 0 Å². The highest BCUT2D eigenvalue weighted by Gasteiger charge is 2.36. The van der Waals surface area contributed by atoms with E-state index in [0.29, 0.717) is 12.0 Å². The molecule has 1 atom stereocenters. The highest BCUT2D eigenvalue weighted by atomic mass is 16.5. The molecule has 0 amide bonds. The van der Waals surface area contributed by atoms with Gasteiger partial charge in [0, 0.05) is 13.1 Å². The van der Waals surface area contributed by atoms with Gasteiger partial charge in [-0.25, -0.2) is 0 Å². The Morgan fingerprint density at radius 3 is 2.94 bits per heavy atom. The van der Waals surface area contributed by atoms with Gasteiger partial charge in [-0.15, -0.1) is 0 Å². The molecule has 0 aromatic carbocycles. The van der Waals surface area contributed by atoms with Gasteiger partial charge in [0.15, 0.2) is 0 Å². The number of esters is 1. The van der Waals surface area contributed by atoms with Gasteiger partial charge in [-0.1, -0.05) is 0 Å². The molecule has 0 aromatic heterocycles. The topological polar surface area (TPSA) is 41.6 Å². The SMILES string of the molecule is COC(=O)CN1CCCC2(CCCNC2)C1. The summed E-state index contributed by atoms with van der Waals surface area (Å²) in [4.78, 5) is 13.5. The molecule has 0 saturated carbocycles. The summed E-state index contributed by atoms with van der Waals surface area (Å²) in [5.41, 5.74) is 0.421. The molecule has 4 nitrogen and oxygen atoms in total. The molecule has 0 aliphatic carbocycles. The molecule has 2 aliphatic heterocycles. The van der Waals surface area contributed by atoms with E-state index in [9.17, 15) is 4.79 Å². The number of likely N-dealkylation sites (tertiary alicyclic amines) is 1. The molecule has 92 valence electrons. The molecule has 16 heavy (non-hydrogen) atoms. The zero-order valence-electron chi connectivity index (χ0n) is 10.1. The molecule has 0 aromatic rings. The Morgan fingerprint density at radius 1 is 1.44 bits per heavy atom. The molecule has 1 spiro atoms. The highest BCUT2D eigenvalue weighted by Crippen LogP contribution is 2.35. The lowest BCUT2D eigenvalue weighted by atomic mass is 9.74. The lowest BCUT2D eigenvalue weighted by Gasteiger charge is -2.45. The van der Waals surface area contributed by atoms with E-state index in [4.69, 9.17) is 4.74 Å². The van der Waals surface area contributed by atoms with Crippen LogP contribution >= 0.6 is 0 Å². The van der Waals surface area contributed by atoms with Crippen molar-refractivity contribution in [2.24, 2.45) is 5.41 Å². The number of methoxy groups -OCH3 is 1. The highest BCUT2D eigenvalue weighted by molar-refractivity contribution is 5.71. The van der Waals surface area contributed by atoms with Crippen molar-refractivity contribution < 1.29 is 9.53 Å². The van der Waals surface area contributed by atoms with Crippen LogP contribution < -0.4 is 5.32 Å². The van der Waals surface area contributed by atoms with Crippen molar-refractivity contribution in [1.29, 1.82) is 0 Å². The lowest BCUT2D eigenvalue weighted by Crippen LogP contribution is -2.52. The third kappa shape index (κ3) is 2.74. The van der Waals surface area contributed by atoms with Crippen molar-refractivity contribution in [1.82, 2.24) is 10.2 Å². The summed E-state index contributed by atoms with van der Waals surface area (Å²) in [5.74, 6) is -0.110. The third-order valence-corrected chi connectivity index (χ3v) is 3.88. The summed E-state index contributed by atoms with van der Waals surface area (Å²) < 4.78 is 4.73. The monoisotopic (exact) mass is 226 g/mol. The normalized spacial score (nSPS) is 31.6. The van der Waals surface area contributed by atoms with Crippen molar-refractivity contribution in [2.45, 2.75) is 25.7 Å². The predicted molar refractivity (Wildman–Crippen MR) is 62.2 cm³/mol. The van der Waals surface area contributed by atoms with Gasteiger partial charge < -0.3 is 10.1 Å². The first-order valence-electron chi connectivity index (χ1n) is 6.24. The standard InChI is InChI=1S/C12H22N2O2/c1-16-11(15)8-14-7-3-5-12(10-14)4-2-6-13-9-12/h13H,2-10H2,1H3. The van der Waals surface area contributed by atoms with E-state index < -0.39 is 0 Å². The van der Waals surface area contributed by atoms with Crippen molar-refractivity contribution in [3.05, 3.63) is 0 Å². The largest absolute Gasteiger partial charge is 0.468 e. The van der Waals surface area contributed by atoms with E-state index in [1.807, 2.05) is 0 Å². The third-order valence-electron chi connectivity index (χ3n) is 3.88. The minimum Gasteiger partial charge on any atom is -0.468 e. The zero-order valence-corrected chi connectivity index (χ0v) is 10.1. The first-order chi connectivity index (χ1) is 7.74. The number of hydrogen-bond acceptors (Lipinski definition) is 4. The number of nitrogens with zero attached hydrogens (tertiary/aromatic N) is 1. The number of rotatable bonds is 2. The fourth-order valence-electron chi connectivity index (χ4n) is 3.07. The Morgan fingerprint density at radius 2 is 2.25 bits per heavy atom. The van der Waals surface area contributed by atoms with Gasteiger partial charge in [-0.3, -0.25) is 9.69 Å². The number of carbonyl (C=O) groups is 1. The predicted octanol–water partition coefficient (Wildman–Crippen LogP) is 0.625. The molecule has 2 aliphatic rings. The molecule has 2 heterocycles. The number of nitrogens with one attached hydrogen (secondary N) is 1. The zero-order chi connectivity index (χ0) is 11.4. The van der Waals surface area contributed by atoms with Gasteiger partial charge in [0.1, 0.15) is 0 Å². The van der Waals surface area contributed by atoms with Crippen molar-refractivity contribution in [2.75, 3.05) is 39.8 Å². The minimum absolute atomic E-state index is 0.110. The second-order valence-corrected chi connectivity index (χ2v) is 5.17. The molecular weight excluding hydrogens is 204 g/mol. The molecule has 0 bridgehead atoms. The second kappa shape index (κ2) is 5.15. The Balaban J connectivity index is 1.90. The van der Waals surface area contributed by atoms with Crippen LogP contribution in [0.15, 0.2) is 0 Å². The maximum atomic E-state index is 11.3. The Labute approximate surface area is 97.3 Å². The quantitative estimate of drug-likeness (QED) is 0.701. The maximum absolute atomic E-state index is 11.3. The van der Waals surface area contributed by atoms with Crippen LogP contribution in [0.25, 0.3) is 0 Å². The van der Waals surface area contributed by atoms with Gasteiger partial charge in [0.25, 0.3) is 0 Å². The number of ether oxygens (including phenoxy) is 1. The summed E-state index contributed by atoms with van der Waals surface area (Å²) >= 11 is 0. The van der Waals surface area contributed by atoms with Crippen molar-refractivity contribution >= 4 is 5.97 Å². The van der Waals surface area contributed by atoms with Crippen LogP contribution in [0, 0.1) is 5.41 Å². The van der Waals surface area contributed by atoms with E-state index in [2.05, 4.69) is 10.2 Å². The summed E-state index contributed by atoms with van der Waals surface area (Å²) in [5, 5.41) is 3.49. The van der Waals surface area contributed by atoms with Gasteiger partial charge in [0.2, 0.25) is 0 Å². The Bertz CT molecular complexity index is 244. The van der Waals surface area contributed by atoms with Crippen LogP contribution in [0.5, 0.6) is 0 Å². The van der Waals surface area contributed by atoms with Crippen LogP contribution in [-0.2, 0) is 9.53 Å². The van der Waals surface area contributed by atoms with Crippen molar-refractivity contribution in [3.8, 4) is 0 Å². The second-order valence-electron chi connectivity index (χ2n) is 5.17. The van der Waals surface area contributed by atoms with E-state index in [0.717, 1.165) is 26.2 Å². The molecule has 2 saturated heterocycles. The fourth-order valence-corrected chi connectivity index (χ4v) is 3.07. The van der Waals surface area contributed by atoms with Crippen molar-refractivity contribution in [3.63, 3.8) is 0 Å². The summed E-state index contributed by atoms with van der Waals surface area (Å²) in [6.07, 6.45) is 5.08. The van der Waals surface area contributed by atoms with E-state index in [1.54, 1.807) is 0 Å². The molecule has 2 rings (SSSR count). The average molecular weight is 226 g/mol.